The van der Waals surface area contributed by atoms with Gasteiger partial charge in [0.1, 0.15) is 0 Å². The highest BCUT2D eigenvalue weighted by molar-refractivity contribution is 6.07. The Balaban J connectivity index is 2.25. The van der Waals surface area contributed by atoms with Crippen molar-refractivity contribution in [1.82, 2.24) is 9.88 Å². The standard InChI is InChI=1S/C18H26N2O2/c1-13(2)11-20-12-16(15-8-4-5-9-17(15)20)18(22)19-14(3)7-6-10-21/h4-5,8-9,12-14,21H,6-7,10-11H2,1-3H3,(H,19,22). The van der Waals surface area contributed by atoms with Gasteiger partial charge in [-0.05, 0) is 31.7 Å². The lowest BCUT2D eigenvalue weighted by Gasteiger charge is -2.12. The van der Waals surface area contributed by atoms with E-state index in [1.54, 1.807) is 0 Å². The number of aliphatic hydroxyl groups is 1. The maximum atomic E-state index is 12.5. The molecule has 0 aliphatic rings. The van der Waals surface area contributed by atoms with Gasteiger partial charge in [-0.15, -0.1) is 0 Å². The SMILES string of the molecule is CC(C)Cn1cc(C(=O)NC(C)CCCO)c2ccccc21. The van der Waals surface area contributed by atoms with Crippen LogP contribution in [-0.2, 0) is 6.54 Å². The second kappa shape index (κ2) is 7.45. The molecule has 0 aliphatic carbocycles. The Morgan fingerprint density at radius 2 is 2.00 bits per heavy atom. The third-order valence-corrected chi connectivity index (χ3v) is 3.77. The Hall–Kier alpha value is -1.81. The molecule has 0 saturated carbocycles. The number of aliphatic hydroxyl groups excluding tert-OH is 1. The number of nitrogens with zero attached hydrogens (tertiary/aromatic N) is 1. The molecule has 1 aromatic carbocycles. The van der Waals surface area contributed by atoms with Crippen LogP contribution in [0.1, 0.15) is 44.0 Å². The lowest BCUT2D eigenvalue weighted by atomic mass is 10.1. The minimum atomic E-state index is -0.0378. The molecular formula is C18H26N2O2. The van der Waals surface area contributed by atoms with Crippen LogP contribution in [0.2, 0.25) is 0 Å². The highest BCUT2D eigenvalue weighted by atomic mass is 16.3. The first-order valence-corrected chi connectivity index (χ1v) is 8.02. The Bertz CT molecular complexity index is 631. The summed E-state index contributed by atoms with van der Waals surface area (Å²) < 4.78 is 2.16. The number of benzene rings is 1. The number of nitrogens with one attached hydrogen (secondary N) is 1. The van der Waals surface area contributed by atoms with Gasteiger partial charge >= 0.3 is 0 Å². The summed E-state index contributed by atoms with van der Waals surface area (Å²) in [5, 5.41) is 12.9. The van der Waals surface area contributed by atoms with Crippen molar-refractivity contribution >= 4 is 16.8 Å². The minimum absolute atomic E-state index is 0.0378. The van der Waals surface area contributed by atoms with Crippen LogP contribution in [0, 0.1) is 5.92 Å². The fourth-order valence-electron chi connectivity index (χ4n) is 2.74. The Morgan fingerprint density at radius 1 is 1.27 bits per heavy atom. The van der Waals surface area contributed by atoms with Gasteiger partial charge in [0.25, 0.3) is 5.91 Å². The van der Waals surface area contributed by atoms with Crippen LogP contribution in [0.3, 0.4) is 0 Å². The van der Waals surface area contributed by atoms with Crippen molar-refractivity contribution in [2.24, 2.45) is 5.92 Å². The van der Waals surface area contributed by atoms with Gasteiger partial charge in [0.2, 0.25) is 0 Å². The summed E-state index contributed by atoms with van der Waals surface area (Å²) in [5.74, 6) is 0.486. The number of aromatic nitrogens is 1. The number of carbonyl (C=O) groups excluding carboxylic acids is 1. The Kier molecular flexibility index (Phi) is 5.61. The molecule has 0 fully saturated rings. The summed E-state index contributed by atoms with van der Waals surface area (Å²) in [6.45, 7) is 7.37. The molecule has 22 heavy (non-hydrogen) atoms. The van der Waals surface area contributed by atoms with Crippen molar-refractivity contribution in [1.29, 1.82) is 0 Å². The van der Waals surface area contributed by atoms with Crippen molar-refractivity contribution in [3.05, 3.63) is 36.0 Å². The molecular weight excluding hydrogens is 276 g/mol. The molecule has 0 aliphatic heterocycles. The van der Waals surface area contributed by atoms with E-state index < -0.39 is 0 Å². The van der Waals surface area contributed by atoms with E-state index in [1.807, 2.05) is 31.3 Å². The first-order chi connectivity index (χ1) is 10.5. The van der Waals surface area contributed by atoms with Crippen LogP contribution >= 0.6 is 0 Å². The van der Waals surface area contributed by atoms with Gasteiger partial charge in [-0.2, -0.15) is 0 Å². The zero-order valence-corrected chi connectivity index (χ0v) is 13.7. The number of carbonyl (C=O) groups is 1. The second-order valence-electron chi connectivity index (χ2n) is 6.35. The zero-order chi connectivity index (χ0) is 16.1. The first kappa shape index (κ1) is 16.6. The highest BCUT2D eigenvalue weighted by Crippen LogP contribution is 2.22. The summed E-state index contributed by atoms with van der Waals surface area (Å²) in [6.07, 6.45) is 3.45. The van der Waals surface area contributed by atoms with Gasteiger partial charge in [-0.25, -0.2) is 0 Å². The second-order valence-corrected chi connectivity index (χ2v) is 6.35. The minimum Gasteiger partial charge on any atom is -0.396 e. The number of hydrogen-bond acceptors (Lipinski definition) is 2. The Labute approximate surface area is 132 Å². The molecule has 120 valence electrons. The van der Waals surface area contributed by atoms with E-state index in [4.69, 9.17) is 5.11 Å². The van der Waals surface area contributed by atoms with E-state index >= 15 is 0 Å². The third kappa shape index (κ3) is 3.89. The number of hydrogen-bond donors (Lipinski definition) is 2. The largest absolute Gasteiger partial charge is 0.396 e. The summed E-state index contributed by atoms with van der Waals surface area (Å²) in [4.78, 5) is 12.5. The lowest BCUT2D eigenvalue weighted by molar-refractivity contribution is 0.0938. The van der Waals surface area contributed by atoms with E-state index in [9.17, 15) is 4.79 Å². The molecule has 1 heterocycles. The quantitative estimate of drug-likeness (QED) is 0.825. The van der Waals surface area contributed by atoms with Crippen LogP contribution in [0.4, 0.5) is 0 Å². The number of rotatable bonds is 7. The smallest absolute Gasteiger partial charge is 0.253 e. The van der Waals surface area contributed by atoms with Crippen molar-refractivity contribution < 1.29 is 9.90 Å². The molecule has 4 heteroatoms. The molecule has 0 bridgehead atoms. The molecule has 1 atom stereocenters. The average Bonchev–Trinajstić information content (AvgIpc) is 2.83. The van der Waals surface area contributed by atoms with Crippen LogP contribution in [0.25, 0.3) is 10.9 Å². The molecule has 0 spiro atoms. The van der Waals surface area contributed by atoms with E-state index in [0.717, 1.165) is 29.4 Å². The molecule has 0 radical (unpaired) electrons. The van der Waals surface area contributed by atoms with Crippen LogP contribution in [0.15, 0.2) is 30.5 Å². The monoisotopic (exact) mass is 302 g/mol. The zero-order valence-electron chi connectivity index (χ0n) is 13.7. The first-order valence-electron chi connectivity index (χ1n) is 8.02. The molecule has 2 rings (SSSR count). The van der Waals surface area contributed by atoms with E-state index in [2.05, 4.69) is 29.8 Å². The molecule has 1 aromatic heterocycles. The molecule has 2 aromatic rings. The summed E-state index contributed by atoms with van der Waals surface area (Å²) >= 11 is 0. The number of fused-ring (bicyclic) bond motifs is 1. The van der Waals surface area contributed by atoms with Gasteiger partial charge in [0, 0.05) is 36.3 Å². The average molecular weight is 302 g/mol. The van der Waals surface area contributed by atoms with Gasteiger partial charge in [0.15, 0.2) is 0 Å². The van der Waals surface area contributed by atoms with Gasteiger partial charge < -0.3 is 15.0 Å². The number of amides is 1. The van der Waals surface area contributed by atoms with E-state index in [1.165, 1.54) is 0 Å². The molecule has 1 unspecified atom stereocenters. The molecule has 1 amide bonds. The lowest BCUT2D eigenvalue weighted by Crippen LogP contribution is -2.32. The topological polar surface area (TPSA) is 54.3 Å². The van der Waals surface area contributed by atoms with Crippen LogP contribution in [-0.4, -0.2) is 28.2 Å². The van der Waals surface area contributed by atoms with Crippen molar-refractivity contribution in [3.63, 3.8) is 0 Å². The van der Waals surface area contributed by atoms with E-state index in [0.29, 0.717) is 12.3 Å². The predicted octanol–water partition coefficient (Wildman–Crippen LogP) is 3.19. The van der Waals surface area contributed by atoms with Crippen molar-refractivity contribution in [3.8, 4) is 0 Å². The fourth-order valence-corrected chi connectivity index (χ4v) is 2.74. The summed E-state index contributed by atoms with van der Waals surface area (Å²) in [5.41, 5.74) is 1.83. The van der Waals surface area contributed by atoms with Gasteiger partial charge in [-0.3, -0.25) is 4.79 Å². The van der Waals surface area contributed by atoms with Gasteiger partial charge in [-0.1, -0.05) is 32.0 Å². The predicted molar refractivity (Wildman–Crippen MR) is 90.0 cm³/mol. The van der Waals surface area contributed by atoms with Crippen LogP contribution < -0.4 is 5.32 Å². The van der Waals surface area contributed by atoms with Gasteiger partial charge in [0.05, 0.1) is 5.56 Å². The summed E-state index contributed by atoms with van der Waals surface area (Å²) in [6, 6.07) is 8.09. The summed E-state index contributed by atoms with van der Waals surface area (Å²) in [7, 11) is 0. The molecule has 4 nitrogen and oxygen atoms in total. The maximum Gasteiger partial charge on any atom is 0.253 e. The van der Waals surface area contributed by atoms with Crippen molar-refractivity contribution in [2.75, 3.05) is 6.61 Å². The molecule has 2 N–H and O–H groups in total. The van der Waals surface area contributed by atoms with Crippen molar-refractivity contribution in [2.45, 2.75) is 46.2 Å². The molecule has 0 saturated heterocycles. The maximum absolute atomic E-state index is 12.5. The van der Waals surface area contributed by atoms with E-state index in [-0.39, 0.29) is 18.6 Å². The highest BCUT2D eigenvalue weighted by Gasteiger charge is 2.16. The third-order valence-electron chi connectivity index (χ3n) is 3.77. The Morgan fingerprint density at radius 3 is 2.68 bits per heavy atom. The van der Waals surface area contributed by atoms with Crippen LogP contribution in [0.5, 0.6) is 0 Å². The fraction of sp³-hybridized carbons (Fsp3) is 0.500. The normalized spacial score (nSPS) is 12.8. The number of para-hydroxylation sites is 1.